The molecule has 100 valence electrons. The zero-order chi connectivity index (χ0) is 13.8. The lowest BCUT2D eigenvalue weighted by atomic mass is 10.0. The van der Waals surface area contributed by atoms with E-state index in [0.717, 1.165) is 16.7 Å². The summed E-state index contributed by atoms with van der Waals surface area (Å²) in [4.78, 5) is 4.05. The first kappa shape index (κ1) is 13.6. The third kappa shape index (κ3) is 3.36. The number of aromatic nitrogens is 1. The summed E-state index contributed by atoms with van der Waals surface area (Å²) in [5.74, 6) is 0.387. The molecule has 2 rings (SSSR count). The molecule has 0 saturated heterocycles. The van der Waals surface area contributed by atoms with Crippen molar-refractivity contribution in [3.8, 4) is 17.0 Å². The number of hydrogen-bond donors (Lipinski definition) is 2. The highest BCUT2D eigenvalue weighted by atomic mass is 35.5. The molecule has 1 aromatic heterocycles. The highest BCUT2D eigenvalue weighted by Gasteiger charge is 2.07. The van der Waals surface area contributed by atoms with Gasteiger partial charge >= 0.3 is 0 Å². The number of aliphatic hydroxyl groups is 1. The van der Waals surface area contributed by atoms with E-state index < -0.39 is 0 Å². The summed E-state index contributed by atoms with van der Waals surface area (Å²) >= 11 is 5.99. The van der Waals surface area contributed by atoms with Crippen LogP contribution < -0.4 is 10.5 Å². The second kappa shape index (κ2) is 5.91. The van der Waals surface area contributed by atoms with Gasteiger partial charge in [-0.3, -0.25) is 0 Å². The molecule has 0 amide bonds. The fourth-order valence-electron chi connectivity index (χ4n) is 1.80. The summed E-state index contributed by atoms with van der Waals surface area (Å²) in [5, 5.41) is 9.10. The van der Waals surface area contributed by atoms with Crippen LogP contribution in [-0.4, -0.2) is 23.3 Å². The molecule has 0 aliphatic carbocycles. The Morgan fingerprint density at radius 3 is 2.84 bits per heavy atom. The van der Waals surface area contributed by atoms with Crippen LogP contribution in [0.2, 0.25) is 5.15 Å². The van der Waals surface area contributed by atoms with Crippen molar-refractivity contribution in [3.05, 3.63) is 41.0 Å². The number of rotatable bonds is 4. The van der Waals surface area contributed by atoms with Crippen LogP contribution in [-0.2, 0) is 0 Å². The van der Waals surface area contributed by atoms with Crippen molar-refractivity contribution in [1.82, 2.24) is 4.98 Å². The van der Waals surface area contributed by atoms with Crippen LogP contribution in [0, 0.1) is 6.92 Å². The van der Waals surface area contributed by atoms with Gasteiger partial charge < -0.3 is 15.6 Å². The molecule has 0 aliphatic heterocycles. The first-order valence-corrected chi connectivity index (χ1v) is 6.25. The summed E-state index contributed by atoms with van der Waals surface area (Å²) in [5.41, 5.74) is 9.45. The van der Waals surface area contributed by atoms with Gasteiger partial charge in [-0.15, -0.1) is 0 Å². The highest BCUT2D eigenvalue weighted by molar-refractivity contribution is 6.29. The number of anilines is 1. The lowest BCUT2D eigenvalue weighted by Crippen LogP contribution is -2.03. The van der Waals surface area contributed by atoms with Gasteiger partial charge in [-0.2, -0.15) is 0 Å². The van der Waals surface area contributed by atoms with Crippen molar-refractivity contribution in [2.24, 2.45) is 0 Å². The van der Waals surface area contributed by atoms with Gasteiger partial charge in [0.05, 0.1) is 6.61 Å². The van der Waals surface area contributed by atoms with E-state index in [2.05, 4.69) is 4.98 Å². The van der Waals surface area contributed by atoms with Gasteiger partial charge in [-0.1, -0.05) is 17.7 Å². The van der Waals surface area contributed by atoms with Crippen LogP contribution in [0.15, 0.2) is 30.3 Å². The molecular formula is C14H15ClN2O2. The van der Waals surface area contributed by atoms with Gasteiger partial charge in [0.15, 0.2) is 0 Å². The monoisotopic (exact) mass is 278 g/mol. The van der Waals surface area contributed by atoms with Crippen molar-refractivity contribution in [2.75, 3.05) is 18.9 Å². The van der Waals surface area contributed by atoms with Crippen LogP contribution in [0.3, 0.4) is 0 Å². The molecule has 0 spiro atoms. The van der Waals surface area contributed by atoms with Crippen LogP contribution in [0.5, 0.6) is 5.88 Å². The minimum Gasteiger partial charge on any atom is -0.475 e. The standard InChI is InChI=1S/C14H15ClN2O2/c1-9-2-3-11(16)8-12(9)10-6-13(15)17-14(7-10)19-5-4-18/h2-3,6-8,18H,4-5,16H2,1H3. The second-order valence-corrected chi connectivity index (χ2v) is 4.55. The molecule has 3 N–H and O–H groups in total. The Kier molecular flexibility index (Phi) is 4.24. The quantitative estimate of drug-likeness (QED) is 0.666. The Balaban J connectivity index is 2.43. The Morgan fingerprint density at radius 2 is 2.11 bits per heavy atom. The normalized spacial score (nSPS) is 10.5. The summed E-state index contributed by atoms with van der Waals surface area (Å²) in [6, 6.07) is 9.23. The first-order valence-electron chi connectivity index (χ1n) is 5.88. The van der Waals surface area contributed by atoms with E-state index in [0.29, 0.717) is 16.7 Å². The predicted octanol–water partition coefficient (Wildman–Crippen LogP) is 2.66. The summed E-state index contributed by atoms with van der Waals surface area (Å²) in [6.07, 6.45) is 0. The topological polar surface area (TPSA) is 68.4 Å². The number of nitrogens with zero attached hydrogens (tertiary/aromatic N) is 1. The van der Waals surface area contributed by atoms with E-state index in [9.17, 15) is 0 Å². The molecule has 4 nitrogen and oxygen atoms in total. The molecule has 0 fully saturated rings. The van der Waals surface area contributed by atoms with E-state index in [1.807, 2.05) is 25.1 Å². The maximum Gasteiger partial charge on any atom is 0.215 e. The fourth-order valence-corrected chi connectivity index (χ4v) is 2.00. The smallest absolute Gasteiger partial charge is 0.215 e. The number of benzene rings is 1. The molecular weight excluding hydrogens is 264 g/mol. The van der Waals surface area contributed by atoms with Gasteiger partial charge in [0.2, 0.25) is 5.88 Å². The first-order chi connectivity index (χ1) is 9.10. The minimum absolute atomic E-state index is 0.0686. The number of nitrogen functional groups attached to an aromatic ring is 1. The molecule has 2 aromatic rings. The van der Waals surface area contributed by atoms with E-state index >= 15 is 0 Å². The van der Waals surface area contributed by atoms with Crippen LogP contribution in [0.25, 0.3) is 11.1 Å². The van der Waals surface area contributed by atoms with Crippen LogP contribution >= 0.6 is 11.6 Å². The summed E-state index contributed by atoms with van der Waals surface area (Å²) in [7, 11) is 0. The summed E-state index contributed by atoms with van der Waals surface area (Å²) in [6.45, 7) is 2.11. The number of aryl methyl sites for hydroxylation is 1. The average molecular weight is 279 g/mol. The van der Waals surface area contributed by atoms with Crippen molar-refractivity contribution < 1.29 is 9.84 Å². The lowest BCUT2D eigenvalue weighted by Gasteiger charge is -2.10. The van der Waals surface area contributed by atoms with E-state index in [-0.39, 0.29) is 13.2 Å². The molecule has 5 heteroatoms. The third-order valence-electron chi connectivity index (χ3n) is 2.68. The molecule has 19 heavy (non-hydrogen) atoms. The molecule has 0 radical (unpaired) electrons. The maximum atomic E-state index is 8.76. The Hall–Kier alpha value is -1.78. The molecule has 0 saturated carbocycles. The van der Waals surface area contributed by atoms with Gasteiger partial charge in [0, 0.05) is 11.8 Å². The van der Waals surface area contributed by atoms with Crippen LogP contribution in [0.4, 0.5) is 5.69 Å². The number of pyridine rings is 1. The molecule has 0 aliphatic rings. The number of ether oxygens (including phenoxy) is 1. The zero-order valence-corrected chi connectivity index (χ0v) is 11.3. The molecule has 0 bridgehead atoms. The van der Waals surface area contributed by atoms with Crippen molar-refractivity contribution in [3.63, 3.8) is 0 Å². The average Bonchev–Trinajstić information content (AvgIpc) is 2.38. The Bertz CT molecular complexity index is 588. The molecule has 1 aromatic carbocycles. The fraction of sp³-hybridized carbons (Fsp3) is 0.214. The number of hydrogen-bond acceptors (Lipinski definition) is 4. The van der Waals surface area contributed by atoms with Gasteiger partial charge in [-0.05, 0) is 41.8 Å². The molecule has 1 heterocycles. The lowest BCUT2D eigenvalue weighted by molar-refractivity contribution is 0.197. The van der Waals surface area contributed by atoms with Gasteiger partial charge in [0.25, 0.3) is 0 Å². The SMILES string of the molecule is Cc1ccc(N)cc1-c1cc(Cl)nc(OCCO)c1. The summed E-state index contributed by atoms with van der Waals surface area (Å²) < 4.78 is 5.29. The van der Waals surface area contributed by atoms with Crippen molar-refractivity contribution >= 4 is 17.3 Å². The highest BCUT2D eigenvalue weighted by Crippen LogP contribution is 2.29. The van der Waals surface area contributed by atoms with E-state index in [1.165, 1.54) is 0 Å². The zero-order valence-electron chi connectivity index (χ0n) is 10.6. The minimum atomic E-state index is -0.0686. The number of halogens is 1. The van der Waals surface area contributed by atoms with E-state index in [1.54, 1.807) is 12.1 Å². The Labute approximate surface area is 116 Å². The maximum absolute atomic E-state index is 8.76. The predicted molar refractivity (Wildman–Crippen MR) is 76.4 cm³/mol. The van der Waals surface area contributed by atoms with Crippen LogP contribution in [0.1, 0.15) is 5.56 Å². The largest absolute Gasteiger partial charge is 0.475 e. The number of aliphatic hydroxyl groups excluding tert-OH is 1. The van der Waals surface area contributed by atoms with Crippen molar-refractivity contribution in [2.45, 2.75) is 6.92 Å². The van der Waals surface area contributed by atoms with Crippen molar-refractivity contribution in [1.29, 1.82) is 0 Å². The molecule has 0 atom stereocenters. The second-order valence-electron chi connectivity index (χ2n) is 4.16. The van der Waals surface area contributed by atoms with Gasteiger partial charge in [-0.25, -0.2) is 4.98 Å². The molecule has 0 unspecified atom stereocenters. The van der Waals surface area contributed by atoms with Gasteiger partial charge in [0.1, 0.15) is 11.8 Å². The van der Waals surface area contributed by atoms with E-state index in [4.69, 9.17) is 27.2 Å². The third-order valence-corrected chi connectivity index (χ3v) is 2.88. The Morgan fingerprint density at radius 1 is 1.32 bits per heavy atom. The number of nitrogens with two attached hydrogens (primary N) is 1.